The molecule has 0 bridgehead atoms. The van der Waals surface area contributed by atoms with Crippen molar-refractivity contribution in [2.75, 3.05) is 18.6 Å². The highest BCUT2D eigenvalue weighted by Gasteiger charge is 2.48. The van der Waals surface area contributed by atoms with Gasteiger partial charge in [-0.3, -0.25) is 4.79 Å². The van der Waals surface area contributed by atoms with Crippen molar-refractivity contribution in [3.05, 3.63) is 29.8 Å². The summed E-state index contributed by atoms with van der Waals surface area (Å²) in [5.74, 6) is 1.66. The van der Waals surface area contributed by atoms with E-state index in [1.165, 1.54) is 37.4 Å². The second-order valence-corrected chi connectivity index (χ2v) is 11.6. The molecule has 0 aromatic heterocycles. The Kier molecular flexibility index (Phi) is 6.20. The molecule has 0 radical (unpaired) electrons. The lowest BCUT2D eigenvalue weighted by Crippen LogP contribution is -2.37. The van der Waals surface area contributed by atoms with Crippen LogP contribution in [0.15, 0.2) is 29.3 Å². The second kappa shape index (κ2) is 8.68. The standard InChI is InChI=1S/C21H28N2O4S2/c1-27-17-9-6-16(7-10-17)12-23-18-13-29(25,26)14-19(18)28-21(23)22-20(24)11-8-15-4-2-3-5-15/h6-7,9-10,15,18-19H,2-5,8,11-14H2,1H3/t18-,19-/m1/s1. The van der Waals surface area contributed by atoms with Gasteiger partial charge in [0.15, 0.2) is 15.0 Å². The van der Waals surface area contributed by atoms with Crippen molar-refractivity contribution in [3.8, 4) is 5.75 Å². The summed E-state index contributed by atoms with van der Waals surface area (Å²) in [7, 11) is -1.41. The van der Waals surface area contributed by atoms with Crippen LogP contribution in [-0.4, -0.2) is 54.3 Å². The molecule has 0 N–H and O–H groups in total. The number of sulfone groups is 1. The molecule has 29 heavy (non-hydrogen) atoms. The Labute approximate surface area is 177 Å². The van der Waals surface area contributed by atoms with Crippen molar-refractivity contribution < 1.29 is 17.9 Å². The minimum atomic E-state index is -3.04. The molecule has 2 atom stereocenters. The molecule has 4 rings (SSSR count). The van der Waals surface area contributed by atoms with E-state index in [-0.39, 0.29) is 28.7 Å². The third-order valence-corrected chi connectivity index (χ3v) is 9.40. The number of benzene rings is 1. The Morgan fingerprint density at radius 2 is 1.93 bits per heavy atom. The Balaban J connectivity index is 1.48. The minimum Gasteiger partial charge on any atom is -0.497 e. The zero-order valence-corrected chi connectivity index (χ0v) is 18.4. The SMILES string of the molecule is COc1ccc(CN2C(=NC(=O)CCC3CCCC3)S[C@@H]3CS(=O)(=O)C[C@H]32)cc1. The predicted octanol–water partition coefficient (Wildman–Crippen LogP) is 3.26. The Morgan fingerprint density at radius 3 is 2.62 bits per heavy atom. The lowest BCUT2D eigenvalue weighted by Gasteiger charge is -2.24. The van der Waals surface area contributed by atoms with Crippen molar-refractivity contribution >= 4 is 32.7 Å². The number of hydrogen-bond donors (Lipinski definition) is 0. The van der Waals surface area contributed by atoms with Crippen LogP contribution in [0.3, 0.4) is 0 Å². The molecule has 3 aliphatic rings. The average Bonchev–Trinajstić information content (AvgIpc) is 3.38. The van der Waals surface area contributed by atoms with E-state index in [1.807, 2.05) is 29.2 Å². The van der Waals surface area contributed by atoms with Gasteiger partial charge in [0, 0.05) is 18.2 Å². The molecule has 3 fully saturated rings. The van der Waals surface area contributed by atoms with E-state index >= 15 is 0 Å². The van der Waals surface area contributed by atoms with E-state index in [4.69, 9.17) is 4.74 Å². The van der Waals surface area contributed by atoms with Gasteiger partial charge in [0.05, 0.1) is 24.7 Å². The first-order chi connectivity index (χ1) is 13.9. The van der Waals surface area contributed by atoms with Crippen molar-refractivity contribution in [2.24, 2.45) is 10.9 Å². The van der Waals surface area contributed by atoms with Crippen LogP contribution in [0.4, 0.5) is 0 Å². The number of fused-ring (bicyclic) bond motifs is 1. The summed E-state index contributed by atoms with van der Waals surface area (Å²) >= 11 is 1.46. The number of amidine groups is 1. The number of carbonyl (C=O) groups excluding carboxylic acids is 1. The van der Waals surface area contributed by atoms with Gasteiger partial charge in [-0.15, -0.1) is 0 Å². The number of rotatable bonds is 6. The van der Waals surface area contributed by atoms with Crippen LogP contribution in [0.25, 0.3) is 0 Å². The fourth-order valence-electron chi connectivity index (χ4n) is 4.54. The van der Waals surface area contributed by atoms with Crippen LogP contribution in [0.5, 0.6) is 5.75 Å². The van der Waals surface area contributed by atoms with Crippen LogP contribution in [-0.2, 0) is 21.2 Å². The molecule has 1 saturated carbocycles. The van der Waals surface area contributed by atoms with Crippen molar-refractivity contribution in [1.82, 2.24) is 4.90 Å². The molecule has 1 amide bonds. The number of thioether (sulfide) groups is 1. The van der Waals surface area contributed by atoms with Gasteiger partial charge in [-0.2, -0.15) is 4.99 Å². The van der Waals surface area contributed by atoms with E-state index in [0.29, 0.717) is 24.1 Å². The highest BCUT2D eigenvalue weighted by molar-refractivity contribution is 8.15. The number of amides is 1. The van der Waals surface area contributed by atoms with Gasteiger partial charge in [-0.05, 0) is 30.0 Å². The first-order valence-corrected chi connectivity index (χ1v) is 13.0. The van der Waals surface area contributed by atoms with Gasteiger partial charge in [0.1, 0.15) is 5.75 Å². The summed E-state index contributed by atoms with van der Waals surface area (Å²) in [5, 5.41) is 0.641. The van der Waals surface area contributed by atoms with E-state index in [9.17, 15) is 13.2 Å². The van der Waals surface area contributed by atoms with Crippen LogP contribution >= 0.6 is 11.8 Å². The van der Waals surface area contributed by atoms with Gasteiger partial charge >= 0.3 is 0 Å². The van der Waals surface area contributed by atoms with Crippen LogP contribution in [0, 0.1) is 5.92 Å². The summed E-state index contributed by atoms with van der Waals surface area (Å²) in [6, 6.07) is 7.61. The average molecular weight is 437 g/mol. The zero-order valence-electron chi connectivity index (χ0n) is 16.7. The second-order valence-electron chi connectivity index (χ2n) is 8.25. The lowest BCUT2D eigenvalue weighted by atomic mass is 10.0. The first kappa shape index (κ1) is 20.7. The normalized spacial score (nSPS) is 27.5. The maximum Gasteiger partial charge on any atom is 0.248 e. The molecule has 1 aromatic carbocycles. The number of ether oxygens (including phenoxy) is 1. The fraction of sp³-hybridized carbons (Fsp3) is 0.619. The summed E-state index contributed by atoms with van der Waals surface area (Å²) in [6.07, 6.45) is 6.40. The molecular formula is C21H28N2O4S2. The van der Waals surface area contributed by atoms with Crippen LogP contribution in [0.1, 0.15) is 44.1 Å². The number of hydrogen-bond acceptors (Lipinski definition) is 5. The largest absolute Gasteiger partial charge is 0.497 e. The smallest absolute Gasteiger partial charge is 0.248 e. The molecule has 0 spiro atoms. The van der Waals surface area contributed by atoms with Gasteiger partial charge in [0.25, 0.3) is 0 Å². The van der Waals surface area contributed by atoms with E-state index < -0.39 is 9.84 Å². The third-order valence-electron chi connectivity index (χ3n) is 6.15. The van der Waals surface area contributed by atoms with Gasteiger partial charge in [-0.1, -0.05) is 49.6 Å². The van der Waals surface area contributed by atoms with Crippen molar-refractivity contribution in [3.63, 3.8) is 0 Å². The van der Waals surface area contributed by atoms with E-state index in [0.717, 1.165) is 17.7 Å². The molecule has 2 aliphatic heterocycles. The Hall–Kier alpha value is -1.54. The maximum absolute atomic E-state index is 12.5. The molecule has 0 unspecified atom stereocenters. The van der Waals surface area contributed by atoms with Crippen LogP contribution in [0.2, 0.25) is 0 Å². The number of carbonyl (C=O) groups is 1. The summed E-state index contributed by atoms with van der Waals surface area (Å²) in [4.78, 5) is 19.0. The van der Waals surface area contributed by atoms with Crippen molar-refractivity contribution in [2.45, 2.75) is 56.4 Å². The summed E-state index contributed by atoms with van der Waals surface area (Å²) in [6.45, 7) is 0.544. The van der Waals surface area contributed by atoms with Crippen LogP contribution < -0.4 is 4.74 Å². The number of nitrogens with zero attached hydrogens (tertiary/aromatic N) is 2. The van der Waals surface area contributed by atoms with Gasteiger partial charge < -0.3 is 9.64 Å². The molecule has 2 heterocycles. The predicted molar refractivity (Wildman–Crippen MR) is 116 cm³/mol. The molecule has 6 nitrogen and oxygen atoms in total. The van der Waals surface area contributed by atoms with Crippen molar-refractivity contribution in [1.29, 1.82) is 0 Å². The zero-order chi connectivity index (χ0) is 20.4. The Morgan fingerprint density at radius 1 is 1.21 bits per heavy atom. The fourth-order valence-corrected chi connectivity index (χ4v) is 8.51. The van der Waals surface area contributed by atoms with E-state index in [2.05, 4.69) is 4.99 Å². The highest BCUT2D eigenvalue weighted by atomic mass is 32.2. The third kappa shape index (κ3) is 4.97. The molecule has 2 saturated heterocycles. The highest BCUT2D eigenvalue weighted by Crippen LogP contribution is 2.39. The summed E-state index contributed by atoms with van der Waals surface area (Å²) < 4.78 is 29.5. The molecule has 1 aromatic rings. The quantitative estimate of drug-likeness (QED) is 0.681. The molecule has 8 heteroatoms. The minimum absolute atomic E-state index is 0.0420. The molecule has 1 aliphatic carbocycles. The van der Waals surface area contributed by atoms with Gasteiger partial charge in [-0.25, -0.2) is 8.42 Å². The first-order valence-electron chi connectivity index (χ1n) is 10.3. The maximum atomic E-state index is 12.5. The van der Waals surface area contributed by atoms with Gasteiger partial charge in [0.2, 0.25) is 5.91 Å². The molecule has 158 valence electrons. The monoisotopic (exact) mass is 436 g/mol. The molecular weight excluding hydrogens is 408 g/mol. The van der Waals surface area contributed by atoms with E-state index in [1.54, 1.807) is 7.11 Å². The number of methoxy groups -OCH3 is 1. The lowest BCUT2D eigenvalue weighted by molar-refractivity contribution is -0.118. The Bertz CT molecular complexity index is 876. The number of aliphatic imine (C=N–C) groups is 1. The topological polar surface area (TPSA) is 76.0 Å². The summed E-state index contributed by atoms with van der Waals surface area (Å²) in [5.41, 5.74) is 1.04.